The molecule has 0 saturated heterocycles. The first kappa shape index (κ1) is 10.9. The maximum Gasteiger partial charge on any atom is 0.416 e. The number of fused-ring (bicyclic) bond motifs is 1. The molecule has 0 fully saturated rings. The van der Waals surface area contributed by atoms with E-state index in [1.54, 1.807) is 6.07 Å². The molecule has 2 rings (SSSR count). The monoisotopic (exact) mass is 226 g/mol. The highest BCUT2D eigenvalue weighted by atomic mass is 19.4. The number of aryl methyl sites for hydroxylation is 2. The first-order valence-electron chi connectivity index (χ1n) is 4.86. The summed E-state index contributed by atoms with van der Waals surface area (Å²) in [4.78, 5) is 0. The van der Waals surface area contributed by atoms with Gasteiger partial charge in [-0.25, -0.2) is 0 Å². The molecule has 0 aliphatic heterocycles. The van der Waals surface area contributed by atoms with Gasteiger partial charge in [0.25, 0.3) is 0 Å². The molecule has 0 spiro atoms. The Hall–Kier alpha value is -1.58. The van der Waals surface area contributed by atoms with Gasteiger partial charge in [-0.15, -0.1) is 0 Å². The fourth-order valence-corrected chi connectivity index (χ4v) is 1.68. The third-order valence-electron chi connectivity index (χ3n) is 2.75. The number of pyridine rings is 1. The average Bonchev–Trinajstić information content (AvgIpc) is 2.22. The van der Waals surface area contributed by atoms with E-state index in [9.17, 15) is 13.2 Å². The molecule has 16 heavy (non-hydrogen) atoms. The van der Waals surface area contributed by atoms with Crippen molar-refractivity contribution in [3.05, 3.63) is 41.6 Å². The maximum atomic E-state index is 12.5. The second-order valence-electron chi connectivity index (χ2n) is 3.81. The molecule has 0 amide bonds. The molecule has 0 atom stereocenters. The standard InChI is InChI=1S/C12H11F3N/c1-8-3-4-9-7-10(12(13,14)15)5-6-11(9)16(8)2/h3-7H,1-2H3/q+1. The lowest BCUT2D eigenvalue weighted by Gasteiger charge is -2.07. The van der Waals surface area contributed by atoms with E-state index < -0.39 is 11.7 Å². The Morgan fingerprint density at radius 1 is 1.06 bits per heavy atom. The fraction of sp³-hybridized carbons (Fsp3) is 0.250. The van der Waals surface area contributed by atoms with Crippen LogP contribution < -0.4 is 4.57 Å². The molecule has 4 heteroatoms. The van der Waals surface area contributed by atoms with E-state index in [0.717, 1.165) is 17.3 Å². The molecule has 0 unspecified atom stereocenters. The van der Waals surface area contributed by atoms with Crippen molar-refractivity contribution in [3.63, 3.8) is 0 Å². The van der Waals surface area contributed by atoms with Gasteiger partial charge in [-0.2, -0.15) is 17.7 Å². The second-order valence-corrected chi connectivity index (χ2v) is 3.81. The van der Waals surface area contributed by atoms with Crippen molar-refractivity contribution < 1.29 is 17.7 Å². The normalized spacial score (nSPS) is 12.1. The zero-order chi connectivity index (χ0) is 11.9. The molecular formula is C12H11F3N+. The molecule has 84 valence electrons. The van der Waals surface area contributed by atoms with Crippen LogP contribution in [-0.4, -0.2) is 0 Å². The van der Waals surface area contributed by atoms with Gasteiger partial charge in [-0.1, -0.05) is 0 Å². The van der Waals surface area contributed by atoms with Crippen molar-refractivity contribution in [2.75, 3.05) is 0 Å². The van der Waals surface area contributed by atoms with Crippen molar-refractivity contribution in [1.82, 2.24) is 0 Å². The number of alkyl halides is 3. The van der Waals surface area contributed by atoms with Crippen LogP contribution in [0.2, 0.25) is 0 Å². The summed E-state index contributed by atoms with van der Waals surface area (Å²) in [5.41, 5.74) is 1.20. The van der Waals surface area contributed by atoms with Crippen molar-refractivity contribution in [2.45, 2.75) is 13.1 Å². The van der Waals surface area contributed by atoms with Gasteiger partial charge in [0.05, 0.1) is 5.56 Å². The van der Waals surface area contributed by atoms with Crippen LogP contribution in [0.1, 0.15) is 11.3 Å². The highest BCUT2D eigenvalue weighted by Gasteiger charge is 2.31. The van der Waals surface area contributed by atoms with Crippen LogP contribution in [0.3, 0.4) is 0 Å². The number of hydrogen-bond acceptors (Lipinski definition) is 0. The summed E-state index contributed by atoms with van der Waals surface area (Å²) >= 11 is 0. The van der Waals surface area contributed by atoms with Gasteiger partial charge < -0.3 is 0 Å². The highest BCUT2D eigenvalue weighted by Crippen LogP contribution is 2.30. The van der Waals surface area contributed by atoms with Crippen molar-refractivity contribution in [3.8, 4) is 0 Å². The first-order chi connectivity index (χ1) is 7.39. The Morgan fingerprint density at radius 3 is 2.38 bits per heavy atom. The highest BCUT2D eigenvalue weighted by molar-refractivity contribution is 5.76. The number of nitrogens with zero attached hydrogens (tertiary/aromatic N) is 1. The summed E-state index contributed by atoms with van der Waals surface area (Å²) in [5, 5.41) is 0.600. The van der Waals surface area contributed by atoms with Crippen LogP contribution >= 0.6 is 0 Å². The number of benzene rings is 1. The Bertz CT molecular complexity index is 544. The van der Waals surface area contributed by atoms with Crippen LogP contribution in [0.15, 0.2) is 30.3 Å². The van der Waals surface area contributed by atoms with E-state index in [-0.39, 0.29) is 0 Å². The Morgan fingerprint density at radius 2 is 1.75 bits per heavy atom. The number of aromatic nitrogens is 1. The van der Waals surface area contributed by atoms with Gasteiger partial charge in [0.15, 0.2) is 5.69 Å². The smallest absolute Gasteiger partial charge is 0.199 e. The third-order valence-corrected chi connectivity index (χ3v) is 2.75. The predicted molar refractivity (Wildman–Crippen MR) is 54.9 cm³/mol. The fourth-order valence-electron chi connectivity index (χ4n) is 1.68. The van der Waals surface area contributed by atoms with Gasteiger partial charge >= 0.3 is 6.18 Å². The first-order valence-corrected chi connectivity index (χ1v) is 4.86. The van der Waals surface area contributed by atoms with Crippen LogP contribution in [0.4, 0.5) is 13.2 Å². The Balaban J connectivity index is 2.70. The Labute approximate surface area is 91.1 Å². The third kappa shape index (κ3) is 1.75. The van der Waals surface area contributed by atoms with E-state index in [1.165, 1.54) is 12.1 Å². The summed E-state index contributed by atoms with van der Waals surface area (Å²) in [6, 6.07) is 7.31. The minimum atomic E-state index is -4.28. The largest absolute Gasteiger partial charge is 0.416 e. The van der Waals surface area contributed by atoms with Crippen LogP contribution in [0, 0.1) is 6.92 Å². The molecular weight excluding hydrogens is 215 g/mol. The Kier molecular flexibility index (Phi) is 2.37. The number of rotatable bonds is 0. The summed E-state index contributed by atoms with van der Waals surface area (Å²) in [6.07, 6.45) is -4.28. The lowest BCUT2D eigenvalue weighted by atomic mass is 10.1. The van der Waals surface area contributed by atoms with Gasteiger partial charge in [-0.05, 0) is 18.2 Å². The van der Waals surface area contributed by atoms with E-state index in [0.29, 0.717) is 5.39 Å². The molecule has 0 N–H and O–H groups in total. The van der Waals surface area contributed by atoms with Crippen LogP contribution in [0.5, 0.6) is 0 Å². The van der Waals surface area contributed by atoms with E-state index >= 15 is 0 Å². The van der Waals surface area contributed by atoms with Crippen molar-refractivity contribution >= 4 is 10.9 Å². The number of hydrogen-bond donors (Lipinski definition) is 0. The number of halogens is 3. The molecule has 2 aromatic rings. The molecule has 0 bridgehead atoms. The molecule has 0 aliphatic carbocycles. The summed E-state index contributed by atoms with van der Waals surface area (Å²) in [7, 11) is 1.84. The zero-order valence-electron chi connectivity index (χ0n) is 8.97. The van der Waals surface area contributed by atoms with Crippen molar-refractivity contribution in [2.24, 2.45) is 7.05 Å². The van der Waals surface area contributed by atoms with Crippen LogP contribution in [0.25, 0.3) is 10.9 Å². The maximum absolute atomic E-state index is 12.5. The van der Waals surface area contributed by atoms with Gasteiger partial charge in [-0.3, -0.25) is 0 Å². The molecule has 0 radical (unpaired) electrons. The summed E-state index contributed by atoms with van der Waals surface area (Å²) in [6.45, 7) is 1.91. The molecule has 0 aliphatic rings. The van der Waals surface area contributed by atoms with Gasteiger partial charge in [0.2, 0.25) is 5.52 Å². The molecule has 1 aromatic carbocycles. The second kappa shape index (κ2) is 3.47. The van der Waals surface area contributed by atoms with Gasteiger partial charge in [0.1, 0.15) is 7.05 Å². The van der Waals surface area contributed by atoms with Gasteiger partial charge in [0, 0.05) is 24.4 Å². The lowest BCUT2D eigenvalue weighted by molar-refractivity contribution is -0.651. The van der Waals surface area contributed by atoms with E-state index in [4.69, 9.17) is 0 Å². The SMILES string of the molecule is Cc1ccc2cc(C(F)(F)F)ccc2[n+]1C. The minimum absolute atomic E-state index is 0.600. The topological polar surface area (TPSA) is 3.88 Å². The molecule has 1 heterocycles. The minimum Gasteiger partial charge on any atom is -0.199 e. The average molecular weight is 226 g/mol. The predicted octanol–water partition coefficient (Wildman–Crippen LogP) is 2.99. The van der Waals surface area contributed by atoms with E-state index in [2.05, 4.69) is 0 Å². The molecule has 1 aromatic heterocycles. The quantitative estimate of drug-likeness (QED) is 0.608. The molecule has 1 nitrogen and oxygen atoms in total. The summed E-state index contributed by atoms with van der Waals surface area (Å²) < 4.78 is 39.3. The van der Waals surface area contributed by atoms with Crippen molar-refractivity contribution in [1.29, 1.82) is 0 Å². The van der Waals surface area contributed by atoms with E-state index in [1.807, 2.05) is 24.6 Å². The van der Waals surface area contributed by atoms with Crippen LogP contribution in [-0.2, 0) is 13.2 Å². The molecule has 0 saturated carbocycles. The zero-order valence-corrected chi connectivity index (χ0v) is 8.97. The lowest BCUT2D eigenvalue weighted by Crippen LogP contribution is -2.32. The summed E-state index contributed by atoms with van der Waals surface area (Å²) in [5.74, 6) is 0.